The number of phenols is 2. The second-order valence-corrected chi connectivity index (χ2v) is 5.37. The first-order chi connectivity index (χ1) is 9.08. The zero-order chi connectivity index (χ0) is 13.8. The van der Waals surface area contributed by atoms with Gasteiger partial charge in [0.1, 0.15) is 11.5 Å². The molecule has 4 nitrogen and oxygen atoms in total. The van der Waals surface area contributed by atoms with Crippen molar-refractivity contribution in [2.45, 2.75) is 38.8 Å². The second-order valence-electron chi connectivity index (χ2n) is 5.37. The van der Waals surface area contributed by atoms with E-state index in [9.17, 15) is 10.2 Å². The largest absolute Gasteiger partial charge is 0.508 e. The quantitative estimate of drug-likeness (QED) is 0.783. The van der Waals surface area contributed by atoms with Gasteiger partial charge >= 0.3 is 0 Å². The van der Waals surface area contributed by atoms with Crippen molar-refractivity contribution in [3.8, 4) is 11.5 Å². The standard InChI is InChI=1S/C15H23NO3/c1-10(12-5-7-19-8-6-12)16-11(2)14-4-3-13(17)9-15(14)18/h3-4,9-12,16-18H,5-8H2,1-2H3. The number of hydrogen-bond donors (Lipinski definition) is 3. The lowest BCUT2D eigenvalue weighted by Crippen LogP contribution is -2.38. The van der Waals surface area contributed by atoms with Crippen LogP contribution >= 0.6 is 0 Å². The summed E-state index contributed by atoms with van der Waals surface area (Å²) in [6.07, 6.45) is 2.17. The number of phenolic OH excluding ortho intramolecular Hbond substituents is 2. The number of nitrogens with one attached hydrogen (secondary N) is 1. The first kappa shape index (κ1) is 14.2. The highest BCUT2D eigenvalue weighted by Crippen LogP contribution is 2.29. The monoisotopic (exact) mass is 265 g/mol. The fourth-order valence-corrected chi connectivity index (χ4v) is 2.73. The molecule has 1 fully saturated rings. The van der Waals surface area contributed by atoms with Gasteiger partial charge in [0.15, 0.2) is 0 Å². The molecule has 1 aromatic carbocycles. The van der Waals surface area contributed by atoms with Crippen molar-refractivity contribution in [3.05, 3.63) is 23.8 Å². The molecule has 0 aliphatic carbocycles. The molecule has 2 atom stereocenters. The highest BCUT2D eigenvalue weighted by Gasteiger charge is 2.22. The van der Waals surface area contributed by atoms with E-state index in [-0.39, 0.29) is 17.5 Å². The van der Waals surface area contributed by atoms with Crippen molar-refractivity contribution in [2.24, 2.45) is 5.92 Å². The second kappa shape index (κ2) is 6.26. The van der Waals surface area contributed by atoms with Crippen molar-refractivity contribution >= 4 is 0 Å². The molecule has 2 rings (SSSR count). The van der Waals surface area contributed by atoms with E-state index < -0.39 is 0 Å². The zero-order valence-corrected chi connectivity index (χ0v) is 11.6. The van der Waals surface area contributed by atoms with Crippen molar-refractivity contribution in [3.63, 3.8) is 0 Å². The fourth-order valence-electron chi connectivity index (χ4n) is 2.73. The molecule has 1 aliphatic rings. The molecule has 0 saturated carbocycles. The van der Waals surface area contributed by atoms with Gasteiger partial charge in [-0.25, -0.2) is 0 Å². The number of rotatable bonds is 4. The van der Waals surface area contributed by atoms with Crippen LogP contribution in [-0.4, -0.2) is 29.5 Å². The summed E-state index contributed by atoms with van der Waals surface area (Å²) in [5.74, 6) is 0.848. The zero-order valence-electron chi connectivity index (χ0n) is 11.6. The molecule has 1 aromatic rings. The van der Waals surface area contributed by atoms with Crippen LogP contribution in [-0.2, 0) is 4.74 Å². The summed E-state index contributed by atoms with van der Waals surface area (Å²) >= 11 is 0. The molecule has 0 aromatic heterocycles. The predicted molar refractivity (Wildman–Crippen MR) is 74.3 cm³/mol. The van der Waals surface area contributed by atoms with E-state index >= 15 is 0 Å². The molecule has 2 unspecified atom stereocenters. The van der Waals surface area contributed by atoms with Crippen molar-refractivity contribution < 1.29 is 14.9 Å². The Morgan fingerprint density at radius 1 is 1.21 bits per heavy atom. The van der Waals surface area contributed by atoms with E-state index in [0.29, 0.717) is 12.0 Å². The van der Waals surface area contributed by atoms with Gasteiger partial charge < -0.3 is 20.3 Å². The lowest BCUT2D eigenvalue weighted by Gasteiger charge is -2.31. The molecule has 0 amide bonds. The SMILES string of the molecule is CC(NC(C)C1CCOCC1)c1ccc(O)cc1O. The van der Waals surface area contributed by atoms with Crippen LogP contribution in [0.15, 0.2) is 18.2 Å². The van der Waals surface area contributed by atoms with Gasteiger partial charge in [-0.1, -0.05) is 6.07 Å². The minimum Gasteiger partial charge on any atom is -0.508 e. The minimum atomic E-state index is 0.0541. The van der Waals surface area contributed by atoms with Crippen LogP contribution in [0.4, 0.5) is 0 Å². The Morgan fingerprint density at radius 3 is 2.53 bits per heavy atom. The maximum absolute atomic E-state index is 9.86. The summed E-state index contributed by atoms with van der Waals surface area (Å²) in [5, 5.41) is 22.7. The smallest absolute Gasteiger partial charge is 0.124 e. The molecule has 1 heterocycles. The lowest BCUT2D eigenvalue weighted by molar-refractivity contribution is 0.0546. The third kappa shape index (κ3) is 3.61. The fraction of sp³-hybridized carbons (Fsp3) is 0.600. The summed E-state index contributed by atoms with van der Waals surface area (Å²) < 4.78 is 5.38. The highest BCUT2D eigenvalue weighted by molar-refractivity contribution is 5.40. The van der Waals surface area contributed by atoms with Crippen molar-refractivity contribution in [1.82, 2.24) is 5.32 Å². The molecule has 1 aliphatic heterocycles. The van der Waals surface area contributed by atoms with Gasteiger partial charge in [-0.05, 0) is 38.7 Å². The Morgan fingerprint density at radius 2 is 1.89 bits per heavy atom. The van der Waals surface area contributed by atoms with Crippen LogP contribution in [0.1, 0.15) is 38.3 Å². The minimum absolute atomic E-state index is 0.0541. The van der Waals surface area contributed by atoms with Crippen LogP contribution < -0.4 is 5.32 Å². The number of ether oxygens (including phenoxy) is 1. The van der Waals surface area contributed by atoms with Gasteiger partial charge in [-0.2, -0.15) is 0 Å². The Bertz CT molecular complexity index is 416. The van der Waals surface area contributed by atoms with Crippen molar-refractivity contribution in [1.29, 1.82) is 0 Å². The summed E-state index contributed by atoms with van der Waals surface area (Å²) in [5.41, 5.74) is 0.816. The first-order valence-corrected chi connectivity index (χ1v) is 6.93. The van der Waals surface area contributed by atoms with Gasteiger partial charge in [-0.15, -0.1) is 0 Å². The molecule has 0 bridgehead atoms. The van der Waals surface area contributed by atoms with Crippen LogP contribution in [0.3, 0.4) is 0 Å². The maximum Gasteiger partial charge on any atom is 0.124 e. The highest BCUT2D eigenvalue weighted by atomic mass is 16.5. The third-order valence-electron chi connectivity index (χ3n) is 3.97. The van der Waals surface area contributed by atoms with Crippen LogP contribution in [0, 0.1) is 5.92 Å². The molecule has 0 spiro atoms. The summed E-state index contributed by atoms with van der Waals surface area (Å²) in [6, 6.07) is 5.18. The summed E-state index contributed by atoms with van der Waals surface area (Å²) in [6.45, 7) is 5.90. The average Bonchev–Trinajstić information content (AvgIpc) is 2.39. The molecule has 19 heavy (non-hydrogen) atoms. The van der Waals surface area contributed by atoms with Crippen LogP contribution in [0.5, 0.6) is 11.5 Å². The van der Waals surface area contributed by atoms with Crippen LogP contribution in [0.2, 0.25) is 0 Å². The first-order valence-electron chi connectivity index (χ1n) is 6.93. The van der Waals surface area contributed by atoms with Crippen LogP contribution in [0.25, 0.3) is 0 Å². The van der Waals surface area contributed by atoms with E-state index in [0.717, 1.165) is 31.6 Å². The van der Waals surface area contributed by atoms with Gasteiger partial charge in [0, 0.05) is 36.9 Å². The number of hydrogen-bond acceptors (Lipinski definition) is 4. The number of benzene rings is 1. The molecule has 3 N–H and O–H groups in total. The van der Waals surface area contributed by atoms with E-state index in [4.69, 9.17) is 4.74 Å². The summed E-state index contributed by atoms with van der Waals surface area (Å²) in [4.78, 5) is 0. The maximum atomic E-state index is 9.86. The predicted octanol–water partition coefficient (Wildman–Crippen LogP) is 2.56. The van der Waals surface area contributed by atoms with Gasteiger partial charge in [0.25, 0.3) is 0 Å². The topological polar surface area (TPSA) is 61.7 Å². The Kier molecular flexibility index (Phi) is 4.66. The van der Waals surface area contributed by atoms with E-state index in [1.165, 1.54) is 6.07 Å². The Hall–Kier alpha value is -1.26. The van der Waals surface area contributed by atoms with E-state index in [2.05, 4.69) is 12.2 Å². The average molecular weight is 265 g/mol. The Labute approximate surface area is 114 Å². The summed E-state index contributed by atoms with van der Waals surface area (Å²) in [7, 11) is 0. The van der Waals surface area contributed by atoms with Crippen molar-refractivity contribution in [2.75, 3.05) is 13.2 Å². The Balaban J connectivity index is 1.97. The van der Waals surface area contributed by atoms with Gasteiger partial charge in [0.2, 0.25) is 0 Å². The van der Waals surface area contributed by atoms with E-state index in [1.807, 2.05) is 6.92 Å². The molecule has 1 saturated heterocycles. The molecular formula is C15H23NO3. The molecule has 106 valence electrons. The van der Waals surface area contributed by atoms with E-state index in [1.54, 1.807) is 12.1 Å². The molecule has 0 radical (unpaired) electrons. The molecule has 4 heteroatoms. The van der Waals surface area contributed by atoms with Gasteiger partial charge in [-0.3, -0.25) is 0 Å². The third-order valence-corrected chi connectivity index (χ3v) is 3.97. The molecular weight excluding hydrogens is 242 g/mol. The lowest BCUT2D eigenvalue weighted by atomic mass is 9.92. The number of aromatic hydroxyl groups is 2. The van der Waals surface area contributed by atoms with Gasteiger partial charge in [0.05, 0.1) is 0 Å². The normalized spacial score (nSPS) is 20.1.